The molecule has 0 spiro atoms. The zero-order chi connectivity index (χ0) is 18.6. The summed E-state index contributed by atoms with van der Waals surface area (Å²) in [4.78, 5) is 0. The van der Waals surface area contributed by atoms with E-state index in [1.165, 1.54) is 36.8 Å². The van der Waals surface area contributed by atoms with E-state index in [4.69, 9.17) is 0 Å². The quantitative estimate of drug-likeness (QED) is 0.730. The molecular weight excluding hydrogens is 332 g/mol. The minimum atomic E-state index is -0.283. The van der Waals surface area contributed by atoms with Gasteiger partial charge in [-0.2, -0.15) is 0 Å². The number of aliphatic hydroxyl groups excluding tert-OH is 2. The van der Waals surface area contributed by atoms with Gasteiger partial charge in [-0.15, -0.1) is 0 Å². The Morgan fingerprint density at radius 2 is 1.70 bits per heavy atom. The van der Waals surface area contributed by atoms with Crippen LogP contribution in [0.1, 0.15) is 63.9 Å². The van der Waals surface area contributed by atoms with E-state index in [1.807, 2.05) is 0 Å². The minimum absolute atomic E-state index is 0.0506. The van der Waals surface area contributed by atoms with Crippen molar-refractivity contribution in [2.45, 2.75) is 70.5 Å². The van der Waals surface area contributed by atoms with E-state index in [0.717, 1.165) is 49.4 Å². The summed E-state index contributed by atoms with van der Waals surface area (Å²) in [7, 11) is 0. The maximum atomic E-state index is 11.3. The molecule has 27 heavy (non-hydrogen) atoms. The third-order valence-corrected chi connectivity index (χ3v) is 8.95. The van der Waals surface area contributed by atoms with Crippen molar-refractivity contribution in [3.8, 4) is 0 Å². The summed E-state index contributed by atoms with van der Waals surface area (Å²) >= 11 is 0. The second kappa shape index (κ2) is 6.74. The van der Waals surface area contributed by atoms with Crippen LogP contribution in [0.4, 0.5) is 0 Å². The minimum Gasteiger partial charge on any atom is -0.393 e. The van der Waals surface area contributed by atoms with Crippen molar-refractivity contribution in [3.05, 3.63) is 41.5 Å². The van der Waals surface area contributed by atoms with Crippen molar-refractivity contribution >= 4 is 6.08 Å². The molecule has 4 aliphatic rings. The van der Waals surface area contributed by atoms with Gasteiger partial charge in [0.25, 0.3) is 0 Å². The van der Waals surface area contributed by atoms with Crippen LogP contribution >= 0.6 is 0 Å². The molecule has 0 radical (unpaired) electrons. The zero-order valence-corrected chi connectivity index (χ0v) is 16.6. The topological polar surface area (TPSA) is 40.5 Å². The molecule has 5 rings (SSSR count). The number of rotatable bonds is 1. The lowest BCUT2D eigenvalue weighted by molar-refractivity contribution is -0.0897. The van der Waals surface area contributed by atoms with Crippen molar-refractivity contribution in [2.24, 2.45) is 35.0 Å². The van der Waals surface area contributed by atoms with Crippen molar-refractivity contribution in [2.75, 3.05) is 0 Å². The molecule has 0 amide bonds. The third kappa shape index (κ3) is 2.91. The number of hydrogen-bond acceptors (Lipinski definition) is 2. The molecule has 2 N–H and O–H groups in total. The molecule has 2 heteroatoms. The first-order valence-corrected chi connectivity index (χ1v) is 11.2. The molecule has 0 unspecified atom stereocenters. The van der Waals surface area contributed by atoms with E-state index >= 15 is 0 Å². The lowest BCUT2D eigenvalue weighted by Crippen LogP contribution is -2.49. The van der Waals surface area contributed by atoms with E-state index in [2.05, 4.69) is 43.3 Å². The van der Waals surface area contributed by atoms with Crippen LogP contribution < -0.4 is 0 Å². The Morgan fingerprint density at radius 1 is 0.926 bits per heavy atom. The molecule has 146 valence electrons. The first kappa shape index (κ1) is 17.9. The van der Waals surface area contributed by atoms with Crippen LogP contribution in [0.3, 0.4) is 0 Å². The van der Waals surface area contributed by atoms with Gasteiger partial charge in [-0.1, -0.05) is 43.3 Å². The molecular formula is C25H34O2. The van der Waals surface area contributed by atoms with Crippen LogP contribution in [0.5, 0.6) is 0 Å². The lowest BCUT2D eigenvalue weighted by atomic mass is 9.50. The lowest BCUT2D eigenvalue weighted by Gasteiger charge is -2.55. The van der Waals surface area contributed by atoms with Gasteiger partial charge < -0.3 is 10.2 Å². The molecule has 2 nitrogen and oxygen atoms in total. The van der Waals surface area contributed by atoms with E-state index in [-0.39, 0.29) is 17.6 Å². The van der Waals surface area contributed by atoms with Gasteiger partial charge in [0, 0.05) is 5.41 Å². The molecule has 0 saturated heterocycles. The molecule has 0 bridgehead atoms. The second-order valence-electron chi connectivity index (χ2n) is 10.2. The van der Waals surface area contributed by atoms with Crippen LogP contribution in [-0.2, 0) is 0 Å². The maximum Gasteiger partial charge on any atom is 0.0809 e. The highest BCUT2D eigenvalue weighted by atomic mass is 16.3. The molecule has 1 aromatic carbocycles. The smallest absolute Gasteiger partial charge is 0.0809 e. The van der Waals surface area contributed by atoms with Gasteiger partial charge in [0.15, 0.2) is 0 Å². The van der Waals surface area contributed by atoms with Gasteiger partial charge in [-0.25, -0.2) is 0 Å². The van der Waals surface area contributed by atoms with E-state index in [1.54, 1.807) is 0 Å². The first-order chi connectivity index (χ1) is 13.1. The summed E-state index contributed by atoms with van der Waals surface area (Å²) in [5.74, 6) is 3.82. The fourth-order valence-corrected chi connectivity index (χ4v) is 7.59. The summed E-state index contributed by atoms with van der Waals surface area (Å²) in [5, 5.41) is 21.4. The van der Waals surface area contributed by atoms with Crippen LogP contribution in [0.25, 0.3) is 6.08 Å². The molecule has 4 fully saturated rings. The standard InChI is InChI=1S/C25H34O2/c1-25-12-11-21-20-10-8-19(26)14-17(20)7-9-22(21)23(25)15-18(24(25)27)13-16-5-3-2-4-6-16/h2-6,13,17,19-24,26-27H,7-12,14-15H2,1H3/t17-,19+,20-,21+,22+,23+,24-,25-/m1/s1. The number of hydrogen-bond donors (Lipinski definition) is 2. The van der Waals surface area contributed by atoms with Crippen molar-refractivity contribution in [1.82, 2.24) is 0 Å². The number of benzene rings is 1. The summed E-state index contributed by atoms with van der Waals surface area (Å²) in [6, 6.07) is 10.5. The van der Waals surface area contributed by atoms with Gasteiger partial charge in [0.2, 0.25) is 0 Å². The Bertz CT molecular complexity index is 710. The zero-order valence-electron chi connectivity index (χ0n) is 16.6. The van der Waals surface area contributed by atoms with Crippen molar-refractivity contribution < 1.29 is 10.2 Å². The highest BCUT2D eigenvalue weighted by Crippen LogP contribution is 2.63. The van der Waals surface area contributed by atoms with E-state index in [0.29, 0.717) is 5.92 Å². The second-order valence-corrected chi connectivity index (χ2v) is 10.2. The van der Waals surface area contributed by atoms with E-state index in [9.17, 15) is 10.2 Å². The first-order valence-electron chi connectivity index (χ1n) is 11.2. The monoisotopic (exact) mass is 366 g/mol. The van der Waals surface area contributed by atoms with Gasteiger partial charge in [0.05, 0.1) is 12.2 Å². The van der Waals surface area contributed by atoms with Crippen molar-refractivity contribution in [1.29, 1.82) is 0 Å². The van der Waals surface area contributed by atoms with Crippen molar-refractivity contribution in [3.63, 3.8) is 0 Å². The van der Waals surface area contributed by atoms with Crippen LogP contribution in [0.15, 0.2) is 35.9 Å². The average Bonchev–Trinajstić information content (AvgIpc) is 2.93. The fraction of sp³-hybridized carbons (Fsp3) is 0.680. The summed E-state index contributed by atoms with van der Waals surface area (Å²) in [6.07, 6.45) is 11.3. The Labute approximate surface area is 163 Å². The summed E-state index contributed by atoms with van der Waals surface area (Å²) < 4.78 is 0. The van der Waals surface area contributed by atoms with Gasteiger partial charge in [0.1, 0.15) is 0 Å². The fourth-order valence-electron chi connectivity index (χ4n) is 7.59. The largest absolute Gasteiger partial charge is 0.393 e. The molecule has 0 heterocycles. The Kier molecular flexibility index (Phi) is 4.48. The molecule has 1 aromatic rings. The highest BCUT2D eigenvalue weighted by Gasteiger charge is 2.58. The van der Waals surface area contributed by atoms with Crippen LogP contribution in [0, 0.1) is 35.0 Å². The maximum absolute atomic E-state index is 11.3. The number of fused-ring (bicyclic) bond motifs is 5. The highest BCUT2D eigenvalue weighted by molar-refractivity contribution is 5.55. The van der Waals surface area contributed by atoms with E-state index < -0.39 is 0 Å². The predicted molar refractivity (Wildman–Crippen MR) is 109 cm³/mol. The predicted octanol–water partition coefficient (Wildman–Crippen LogP) is 5.05. The van der Waals surface area contributed by atoms with Crippen LogP contribution in [-0.4, -0.2) is 22.4 Å². The van der Waals surface area contributed by atoms with Gasteiger partial charge >= 0.3 is 0 Å². The number of aliphatic hydroxyl groups is 2. The molecule has 0 aromatic heterocycles. The Morgan fingerprint density at radius 3 is 2.52 bits per heavy atom. The SMILES string of the molecule is C[C@@]12CC[C@H]3[C@@H]4CC[C@H](O)C[C@H]4CC[C@@H]3[C@@H]1CC(=Cc1ccccc1)[C@H]2O. The molecule has 0 aliphatic heterocycles. The molecule has 4 saturated carbocycles. The van der Waals surface area contributed by atoms with Crippen LogP contribution in [0.2, 0.25) is 0 Å². The summed E-state index contributed by atoms with van der Waals surface area (Å²) in [5.41, 5.74) is 2.54. The average molecular weight is 367 g/mol. The third-order valence-electron chi connectivity index (χ3n) is 8.95. The molecule has 8 atom stereocenters. The Balaban J connectivity index is 1.41. The normalized spacial score (nSPS) is 48.0. The van der Waals surface area contributed by atoms with Gasteiger partial charge in [-0.05, 0) is 92.1 Å². The Hall–Kier alpha value is -1.12. The van der Waals surface area contributed by atoms with Gasteiger partial charge in [-0.3, -0.25) is 0 Å². The summed E-state index contributed by atoms with van der Waals surface area (Å²) in [6.45, 7) is 2.36. The molecule has 4 aliphatic carbocycles.